The van der Waals surface area contributed by atoms with Crippen molar-refractivity contribution in [2.24, 2.45) is 0 Å². The Hall–Kier alpha value is -2.29. The molecule has 3 rings (SSSR count). The Morgan fingerprint density at radius 3 is 2.43 bits per heavy atom. The third-order valence-corrected chi connectivity index (χ3v) is 5.48. The standard InChI is InChI=1S/C20H24O7S/c1-26-19-12-14-4-2-3-5-15(27-28(23,24)25)8-6-13-7-9-18(21)16(10-13)17(11-14)20(19)22/h7,9-12,15,21-22H,2-6,8H2,1H3,(H,23,24,25)/t15-/m1/s1. The number of aryl methyl sites for hydroxylation is 2. The van der Waals surface area contributed by atoms with Gasteiger partial charge in [0.1, 0.15) is 5.75 Å². The minimum Gasteiger partial charge on any atom is -0.507 e. The lowest BCUT2D eigenvalue weighted by Gasteiger charge is -2.15. The van der Waals surface area contributed by atoms with Crippen LogP contribution >= 0.6 is 0 Å². The zero-order valence-corrected chi connectivity index (χ0v) is 16.4. The number of methoxy groups -OCH3 is 1. The summed E-state index contributed by atoms with van der Waals surface area (Å²) in [7, 11) is -3.05. The van der Waals surface area contributed by atoms with E-state index in [0.29, 0.717) is 49.0 Å². The van der Waals surface area contributed by atoms with Crippen LogP contribution in [0.1, 0.15) is 36.8 Å². The van der Waals surface area contributed by atoms with Crippen molar-refractivity contribution in [3.05, 3.63) is 41.5 Å². The maximum atomic E-state index is 11.1. The molecule has 0 aromatic heterocycles. The van der Waals surface area contributed by atoms with E-state index in [-0.39, 0.29) is 11.5 Å². The lowest BCUT2D eigenvalue weighted by atomic mass is 9.96. The summed E-state index contributed by atoms with van der Waals surface area (Å²) < 4.78 is 41.4. The number of hydrogen-bond acceptors (Lipinski definition) is 6. The van der Waals surface area contributed by atoms with Crippen LogP contribution in [0.5, 0.6) is 17.2 Å². The van der Waals surface area contributed by atoms with E-state index in [1.807, 2.05) is 6.07 Å². The van der Waals surface area contributed by atoms with Crippen LogP contribution in [0.25, 0.3) is 11.1 Å². The third-order valence-electron chi connectivity index (χ3n) is 4.96. The predicted octanol–water partition coefficient (Wildman–Crippen LogP) is 3.62. The topological polar surface area (TPSA) is 113 Å². The van der Waals surface area contributed by atoms with E-state index in [9.17, 15) is 18.6 Å². The van der Waals surface area contributed by atoms with Crippen LogP contribution in [-0.2, 0) is 27.4 Å². The molecule has 0 fully saturated rings. The molecular formula is C20H24O7S. The molecule has 0 aliphatic heterocycles. The maximum Gasteiger partial charge on any atom is 0.397 e. The third kappa shape index (κ3) is 4.95. The van der Waals surface area contributed by atoms with Crippen molar-refractivity contribution < 1.29 is 32.1 Å². The molecule has 0 amide bonds. The zero-order chi connectivity index (χ0) is 20.3. The number of rotatable bonds is 3. The van der Waals surface area contributed by atoms with Gasteiger partial charge in [0.2, 0.25) is 0 Å². The molecule has 2 aromatic rings. The molecule has 0 spiro atoms. The van der Waals surface area contributed by atoms with Crippen molar-refractivity contribution in [1.82, 2.24) is 0 Å². The number of fused-ring (bicyclic) bond motifs is 5. The second-order valence-corrected chi connectivity index (χ2v) is 8.02. The Morgan fingerprint density at radius 2 is 1.71 bits per heavy atom. The summed E-state index contributed by atoms with van der Waals surface area (Å²) in [5.74, 6) is 0.319. The highest BCUT2D eigenvalue weighted by Gasteiger charge is 2.20. The van der Waals surface area contributed by atoms with Crippen LogP contribution in [0.3, 0.4) is 0 Å². The van der Waals surface area contributed by atoms with Gasteiger partial charge in [0, 0.05) is 11.1 Å². The van der Waals surface area contributed by atoms with Gasteiger partial charge in [-0.15, -0.1) is 0 Å². The fraction of sp³-hybridized carbons (Fsp3) is 0.400. The number of phenolic OH excluding ortho intramolecular Hbond substituents is 2. The fourth-order valence-corrected chi connectivity index (χ4v) is 4.10. The number of ether oxygens (including phenoxy) is 1. The van der Waals surface area contributed by atoms with Crippen LogP contribution in [0, 0.1) is 0 Å². The van der Waals surface area contributed by atoms with Gasteiger partial charge in [-0.25, -0.2) is 4.18 Å². The first-order valence-electron chi connectivity index (χ1n) is 9.14. The van der Waals surface area contributed by atoms with Crippen LogP contribution < -0.4 is 4.74 Å². The van der Waals surface area contributed by atoms with Crippen LogP contribution in [0.2, 0.25) is 0 Å². The molecule has 8 heteroatoms. The summed E-state index contributed by atoms with van der Waals surface area (Å²) in [6, 6.07) is 8.63. The van der Waals surface area contributed by atoms with E-state index in [0.717, 1.165) is 17.5 Å². The number of phenols is 2. The first-order chi connectivity index (χ1) is 13.3. The van der Waals surface area contributed by atoms with Crippen LogP contribution in [-0.4, -0.2) is 36.4 Å². The molecule has 7 nitrogen and oxygen atoms in total. The maximum absolute atomic E-state index is 11.1. The zero-order valence-electron chi connectivity index (χ0n) is 15.6. The summed E-state index contributed by atoms with van der Waals surface area (Å²) in [5, 5.41) is 20.9. The Labute approximate surface area is 164 Å². The molecule has 28 heavy (non-hydrogen) atoms. The van der Waals surface area contributed by atoms with Crippen molar-refractivity contribution in [3.63, 3.8) is 0 Å². The van der Waals surface area contributed by atoms with Gasteiger partial charge in [-0.2, -0.15) is 8.42 Å². The van der Waals surface area contributed by atoms with Gasteiger partial charge in [-0.1, -0.05) is 12.5 Å². The number of benzene rings is 2. The summed E-state index contributed by atoms with van der Waals surface area (Å²) in [4.78, 5) is 0. The summed E-state index contributed by atoms with van der Waals surface area (Å²) in [6.07, 6.45) is 2.92. The van der Waals surface area contributed by atoms with Gasteiger partial charge in [0.15, 0.2) is 11.5 Å². The first kappa shape index (κ1) is 20.4. The Morgan fingerprint density at radius 1 is 0.964 bits per heavy atom. The van der Waals surface area contributed by atoms with Crippen molar-refractivity contribution in [1.29, 1.82) is 0 Å². The largest absolute Gasteiger partial charge is 0.507 e. The highest BCUT2D eigenvalue weighted by molar-refractivity contribution is 7.80. The number of hydrogen-bond donors (Lipinski definition) is 3. The SMILES string of the molecule is COc1cc2cc(c1O)-c1cc(ccc1O)CC[C@H](OS(=O)(=O)O)CCCC2. The average Bonchev–Trinajstić information content (AvgIpc) is 2.64. The van der Waals surface area contributed by atoms with Crippen LogP contribution in [0.15, 0.2) is 30.3 Å². The minimum absolute atomic E-state index is 0.0267. The quantitative estimate of drug-likeness (QED) is 0.665. The summed E-state index contributed by atoms with van der Waals surface area (Å²) in [5.41, 5.74) is 2.74. The van der Waals surface area contributed by atoms with E-state index in [1.165, 1.54) is 7.11 Å². The minimum atomic E-state index is -4.52. The van der Waals surface area contributed by atoms with Gasteiger partial charge < -0.3 is 14.9 Å². The normalized spacial score (nSPS) is 17.9. The molecule has 0 saturated carbocycles. The van der Waals surface area contributed by atoms with E-state index >= 15 is 0 Å². The Balaban J connectivity index is 2.03. The van der Waals surface area contributed by atoms with E-state index < -0.39 is 16.5 Å². The second-order valence-electron chi connectivity index (χ2n) is 6.98. The van der Waals surface area contributed by atoms with E-state index in [1.54, 1.807) is 24.3 Å². The van der Waals surface area contributed by atoms with Crippen molar-refractivity contribution in [2.75, 3.05) is 7.11 Å². The molecule has 1 aliphatic rings. The second kappa shape index (κ2) is 8.38. The molecule has 3 N–H and O–H groups in total. The van der Waals surface area contributed by atoms with Gasteiger partial charge in [-0.05, 0) is 67.5 Å². The predicted molar refractivity (Wildman–Crippen MR) is 104 cm³/mol. The van der Waals surface area contributed by atoms with Gasteiger partial charge >= 0.3 is 10.4 Å². The molecule has 0 unspecified atom stereocenters. The molecule has 0 saturated heterocycles. The van der Waals surface area contributed by atoms with E-state index in [4.69, 9.17) is 13.5 Å². The highest BCUT2D eigenvalue weighted by Crippen LogP contribution is 2.42. The number of aromatic hydroxyl groups is 2. The lowest BCUT2D eigenvalue weighted by Crippen LogP contribution is -2.19. The highest BCUT2D eigenvalue weighted by atomic mass is 32.3. The van der Waals surface area contributed by atoms with Crippen molar-refractivity contribution in [2.45, 2.75) is 44.6 Å². The fourth-order valence-electron chi connectivity index (χ4n) is 3.57. The Kier molecular flexibility index (Phi) is 6.12. The van der Waals surface area contributed by atoms with Crippen LogP contribution in [0.4, 0.5) is 0 Å². The molecule has 152 valence electrons. The van der Waals surface area contributed by atoms with Crippen molar-refractivity contribution in [3.8, 4) is 28.4 Å². The van der Waals surface area contributed by atoms with Gasteiger partial charge in [0.05, 0.1) is 13.2 Å². The first-order valence-corrected chi connectivity index (χ1v) is 10.5. The summed E-state index contributed by atoms with van der Waals surface area (Å²) in [6.45, 7) is 0. The molecule has 2 aromatic carbocycles. The summed E-state index contributed by atoms with van der Waals surface area (Å²) >= 11 is 0. The molecule has 0 radical (unpaired) electrons. The van der Waals surface area contributed by atoms with Crippen molar-refractivity contribution >= 4 is 10.4 Å². The lowest BCUT2D eigenvalue weighted by molar-refractivity contribution is 0.161. The molecule has 4 bridgehead atoms. The van der Waals surface area contributed by atoms with Gasteiger partial charge in [0.25, 0.3) is 0 Å². The average molecular weight is 408 g/mol. The smallest absolute Gasteiger partial charge is 0.397 e. The Bertz CT molecular complexity index is 953. The molecular weight excluding hydrogens is 384 g/mol. The molecule has 1 aliphatic carbocycles. The monoisotopic (exact) mass is 408 g/mol. The van der Waals surface area contributed by atoms with Gasteiger partial charge in [-0.3, -0.25) is 4.55 Å². The van der Waals surface area contributed by atoms with E-state index in [2.05, 4.69) is 0 Å². The molecule has 0 heterocycles. The molecule has 1 atom stereocenters.